The number of nitrogens with one attached hydrogen (secondary N) is 1. The van der Waals surface area contributed by atoms with Gasteiger partial charge in [-0.3, -0.25) is 18.7 Å². The van der Waals surface area contributed by atoms with Crippen LogP contribution >= 0.6 is 11.3 Å². The van der Waals surface area contributed by atoms with Crippen molar-refractivity contribution < 1.29 is 4.79 Å². The van der Waals surface area contributed by atoms with Gasteiger partial charge in [0.05, 0.1) is 11.7 Å². The number of fused-ring (bicyclic) bond motifs is 1. The molecule has 4 aromatic heterocycles. The lowest BCUT2D eigenvalue weighted by Gasteiger charge is -2.08. The molecule has 5 rings (SSSR count). The van der Waals surface area contributed by atoms with Crippen LogP contribution in [0.3, 0.4) is 0 Å². The van der Waals surface area contributed by atoms with Gasteiger partial charge in [0.25, 0.3) is 5.56 Å². The quantitative estimate of drug-likeness (QED) is 0.391. The van der Waals surface area contributed by atoms with E-state index in [1.54, 1.807) is 18.7 Å². The third-order valence-corrected chi connectivity index (χ3v) is 6.46. The number of thiophene rings is 1. The maximum Gasteiger partial charge on any atom is 0.262 e. The van der Waals surface area contributed by atoms with Gasteiger partial charge >= 0.3 is 0 Å². The molecular formula is C25H22N6O2S. The van der Waals surface area contributed by atoms with E-state index < -0.39 is 0 Å². The van der Waals surface area contributed by atoms with E-state index >= 15 is 0 Å². The molecule has 170 valence electrons. The Kier molecular flexibility index (Phi) is 6.01. The zero-order valence-corrected chi connectivity index (χ0v) is 19.3. The Hall–Kier alpha value is -4.11. The second kappa shape index (κ2) is 9.40. The number of amides is 1. The van der Waals surface area contributed by atoms with E-state index in [1.165, 1.54) is 22.2 Å². The van der Waals surface area contributed by atoms with Crippen molar-refractivity contribution in [2.24, 2.45) is 0 Å². The van der Waals surface area contributed by atoms with E-state index in [1.807, 2.05) is 59.5 Å². The summed E-state index contributed by atoms with van der Waals surface area (Å²) in [5, 5.41) is 5.45. The van der Waals surface area contributed by atoms with Gasteiger partial charge in [-0.15, -0.1) is 11.3 Å². The summed E-state index contributed by atoms with van der Waals surface area (Å²) in [6.07, 6.45) is 8.61. The number of hydrogen-bond donors (Lipinski definition) is 1. The minimum absolute atomic E-state index is 0.131. The van der Waals surface area contributed by atoms with Gasteiger partial charge in [-0.2, -0.15) is 0 Å². The van der Waals surface area contributed by atoms with E-state index in [0.29, 0.717) is 16.8 Å². The summed E-state index contributed by atoms with van der Waals surface area (Å²) in [4.78, 5) is 39.1. The van der Waals surface area contributed by atoms with Crippen LogP contribution in [0, 0.1) is 6.92 Å². The van der Waals surface area contributed by atoms with Gasteiger partial charge in [0.15, 0.2) is 0 Å². The van der Waals surface area contributed by atoms with Gasteiger partial charge < -0.3 is 5.32 Å². The van der Waals surface area contributed by atoms with Crippen LogP contribution in [0.5, 0.6) is 0 Å². The molecule has 0 fully saturated rings. The fourth-order valence-electron chi connectivity index (χ4n) is 3.65. The number of carbonyl (C=O) groups is 1. The first-order valence-electron chi connectivity index (χ1n) is 10.8. The van der Waals surface area contributed by atoms with E-state index in [4.69, 9.17) is 0 Å². The van der Waals surface area contributed by atoms with Gasteiger partial charge in [0, 0.05) is 49.0 Å². The van der Waals surface area contributed by atoms with E-state index in [-0.39, 0.29) is 24.4 Å². The predicted octanol–water partition coefficient (Wildman–Crippen LogP) is 3.72. The number of carbonyl (C=O) groups excluding carboxylic acids is 1. The maximum absolute atomic E-state index is 13.2. The van der Waals surface area contributed by atoms with E-state index in [0.717, 1.165) is 28.1 Å². The fourth-order valence-corrected chi connectivity index (χ4v) is 4.56. The number of nitrogens with zero attached hydrogens (tertiary/aromatic N) is 5. The van der Waals surface area contributed by atoms with E-state index in [2.05, 4.69) is 20.3 Å². The molecule has 0 atom stereocenters. The largest absolute Gasteiger partial charge is 0.352 e. The van der Waals surface area contributed by atoms with E-state index in [9.17, 15) is 9.59 Å². The van der Waals surface area contributed by atoms with Crippen LogP contribution < -0.4 is 10.9 Å². The summed E-state index contributed by atoms with van der Waals surface area (Å²) in [5.41, 5.74) is 3.78. The van der Waals surface area contributed by atoms with Crippen LogP contribution in [-0.4, -0.2) is 30.0 Å². The van der Waals surface area contributed by atoms with Crippen molar-refractivity contribution in [2.45, 2.75) is 26.4 Å². The predicted molar refractivity (Wildman–Crippen MR) is 132 cm³/mol. The normalized spacial score (nSPS) is 11.1. The lowest BCUT2D eigenvalue weighted by Crippen LogP contribution is -2.27. The Morgan fingerprint density at radius 3 is 2.68 bits per heavy atom. The molecular weight excluding hydrogens is 448 g/mol. The zero-order valence-electron chi connectivity index (χ0n) is 18.5. The first kappa shape index (κ1) is 21.7. The molecule has 1 N–H and O–H groups in total. The highest BCUT2D eigenvalue weighted by molar-refractivity contribution is 7.17. The van der Waals surface area contributed by atoms with Crippen LogP contribution in [-0.2, 0) is 17.9 Å². The van der Waals surface area contributed by atoms with Crippen molar-refractivity contribution >= 4 is 27.5 Å². The van der Waals surface area contributed by atoms with Crippen LogP contribution in [0.15, 0.2) is 77.8 Å². The second-order valence-corrected chi connectivity index (χ2v) is 8.82. The number of imidazole rings is 1. The third-order valence-electron chi connectivity index (χ3n) is 5.57. The molecule has 0 radical (unpaired) electrons. The highest BCUT2D eigenvalue weighted by atomic mass is 32.1. The SMILES string of the molecule is Cc1ccc(-c2csc3ncn(CCC(=O)NCc4ccc(-n5ccnc5)nc4)c(=O)c23)cc1. The monoisotopic (exact) mass is 470 g/mol. The molecule has 5 aromatic rings. The van der Waals surface area contributed by atoms with Crippen molar-refractivity contribution in [1.82, 2.24) is 29.4 Å². The number of aromatic nitrogens is 5. The number of pyridine rings is 1. The summed E-state index contributed by atoms with van der Waals surface area (Å²) in [5.74, 6) is 0.614. The van der Waals surface area contributed by atoms with Gasteiger partial charge in [0.2, 0.25) is 5.91 Å². The van der Waals surface area contributed by atoms with Crippen LogP contribution in [0.2, 0.25) is 0 Å². The maximum atomic E-state index is 13.2. The number of benzene rings is 1. The fraction of sp³-hybridized carbons (Fsp3) is 0.160. The molecule has 0 saturated heterocycles. The summed E-state index contributed by atoms with van der Waals surface area (Å²) in [6.45, 7) is 2.65. The highest BCUT2D eigenvalue weighted by Gasteiger charge is 2.14. The Labute approximate surface area is 199 Å². The Balaban J connectivity index is 1.23. The molecule has 4 heterocycles. The molecule has 9 heteroatoms. The van der Waals surface area contributed by atoms with Gasteiger partial charge in [-0.1, -0.05) is 35.9 Å². The van der Waals surface area contributed by atoms with Crippen molar-refractivity contribution in [3.63, 3.8) is 0 Å². The number of aryl methyl sites for hydroxylation is 2. The molecule has 0 unspecified atom stereocenters. The van der Waals surface area contributed by atoms with Crippen molar-refractivity contribution in [2.75, 3.05) is 0 Å². The van der Waals surface area contributed by atoms with Gasteiger partial charge in [0.1, 0.15) is 17.0 Å². The first-order valence-corrected chi connectivity index (χ1v) is 11.7. The van der Waals surface area contributed by atoms with Gasteiger partial charge in [-0.05, 0) is 24.1 Å². The molecule has 0 saturated carbocycles. The minimum Gasteiger partial charge on any atom is -0.352 e. The molecule has 1 aromatic carbocycles. The van der Waals surface area contributed by atoms with Crippen molar-refractivity contribution in [3.8, 4) is 16.9 Å². The topological polar surface area (TPSA) is 94.7 Å². The van der Waals surface area contributed by atoms with Crippen LogP contribution in [0.1, 0.15) is 17.5 Å². The molecule has 8 nitrogen and oxygen atoms in total. The molecule has 0 aliphatic rings. The zero-order chi connectivity index (χ0) is 23.5. The highest BCUT2D eigenvalue weighted by Crippen LogP contribution is 2.30. The summed E-state index contributed by atoms with van der Waals surface area (Å²) >= 11 is 1.45. The summed E-state index contributed by atoms with van der Waals surface area (Å²) < 4.78 is 3.32. The molecule has 0 aliphatic heterocycles. The molecule has 0 bridgehead atoms. The Bertz CT molecular complexity index is 1490. The lowest BCUT2D eigenvalue weighted by molar-refractivity contribution is -0.121. The van der Waals surface area contributed by atoms with Crippen molar-refractivity contribution in [3.05, 3.63) is 94.5 Å². The molecule has 1 amide bonds. The summed E-state index contributed by atoms with van der Waals surface area (Å²) in [6, 6.07) is 11.9. The third kappa shape index (κ3) is 4.51. The molecule has 0 spiro atoms. The standard InChI is InChI=1S/C25H22N6O2S/c1-17-2-5-19(6-3-17)20-14-34-24-23(20)25(33)31(16-29-24)10-8-22(32)28-13-18-4-7-21(27-12-18)30-11-9-26-15-30/h2-7,9,11-12,14-16H,8,10,13H2,1H3,(H,28,32). The Morgan fingerprint density at radius 2 is 1.94 bits per heavy atom. The molecule has 34 heavy (non-hydrogen) atoms. The van der Waals surface area contributed by atoms with Gasteiger partial charge in [-0.25, -0.2) is 15.0 Å². The summed E-state index contributed by atoms with van der Waals surface area (Å²) in [7, 11) is 0. The Morgan fingerprint density at radius 1 is 1.09 bits per heavy atom. The first-order chi connectivity index (χ1) is 16.6. The van der Waals surface area contributed by atoms with Crippen LogP contribution in [0.25, 0.3) is 27.2 Å². The number of rotatable bonds is 7. The second-order valence-electron chi connectivity index (χ2n) is 7.96. The van der Waals surface area contributed by atoms with Crippen LogP contribution in [0.4, 0.5) is 0 Å². The molecule has 0 aliphatic carbocycles. The lowest BCUT2D eigenvalue weighted by atomic mass is 10.1. The minimum atomic E-state index is -0.144. The number of hydrogen-bond acceptors (Lipinski definition) is 6. The van der Waals surface area contributed by atoms with Crippen molar-refractivity contribution in [1.29, 1.82) is 0 Å². The smallest absolute Gasteiger partial charge is 0.262 e. The average Bonchev–Trinajstić information content (AvgIpc) is 3.54. The average molecular weight is 471 g/mol.